The Balaban J connectivity index is 1.47. The van der Waals surface area contributed by atoms with Crippen LogP contribution in [0.25, 0.3) is 0 Å². The third kappa shape index (κ3) is 3.76. The molecule has 1 heterocycles. The summed E-state index contributed by atoms with van der Waals surface area (Å²) >= 11 is 0. The Morgan fingerprint density at radius 3 is 2.15 bits per heavy atom. The molecule has 1 aromatic carbocycles. The number of imide groups is 1. The first-order valence-electron chi connectivity index (χ1n) is 8.98. The number of carbonyl (C=O) groups is 4. The zero-order valence-electron chi connectivity index (χ0n) is 14.8. The van der Waals surface area contributed by atoms with Crippen LogP contribution in [0.3, 0.4) is 0 Å². The van der Waals surface area contributed by atoms with E-state index in [0.717, 1.165) is 31.2 Å². The number of hydrazine groups is 1. The van der Waals surface area contributed by atoms with Gasteiger partial charge in [0.05, 0.1) is 11.8 Å². The molecule has 2 aliphatic rings. The summed E-state index contributed by atoms with van der Waals surface area (Å²) in [6.45, 7) is 1.97. The van der Waals surface area contributed by atoms with Gasteiger partial charge in [-0.1, -0.05) is 30.5 Å². The molecule has 0 unspecified atom stereocenters. The molecule has 0 radical (unpaired) electrons. The van der Waals surface area contributed by atoms with Crippen LogP contribution >= 0.6 is 0 Å². The molecule has 2 atom stereocenters. The Morgan fingerprint density at radius 2 is 1.58 bits per heavy atom. The molecule has 0 spiro atoms. The van der Waals surface area contributed by atoms with Crippen LogP contribution in [0.5, 0.6) is 0 Å². The van der Waals surface area contributed by atoms with Gasteiger partial charge in [-0.15, -0.1) is 0 Å². The highest BCUT2D eigenvalue weighted by Crippen LogP contribution is 2.37. The lowest BCUT2D eigenvalue weighted by atomic mass is 9.81. The number of benzene rings is 1. The molecule has 4 amide bonds. The third-order valence-electron chi connectivity index (χ3n) is 5.12. The standard InChI is InChI=1S/C19H23N3O4/c1-12-6-8-13(9-7-12)17(24)21-20-16(23)10-11-22-18(25)14-4-2-3-5-15(14)19(22)26/h6-9,14-15H,2-5,10-11H2,1H3,(H,20,23)(H,21,24)/t14-,15+. The monoisotopic (exact) mass is 357 g/mol. The first-order valence-corrected chi connectivity index (χ1v) is 8.98. The van der Waals surface area contributed by atoms with Crippen molar-refractivity contribution in [3.05, 3.63) is 35.4 Å². The van der Waals surface area contributed by atoms with Gasteiger partial charge in [-0.05, 0) is 31.9 Å². The molecular weight excluding hydrogens is 334 g/mol. The highest BCUT2D eigenvalue weighted by Gasteiger charge is 2.47. The van der Waals surface area contributed by atoms with Crippen molar-refractivity contribution >= 4 is 23.6 Å². The molecular formula is C19H23N3O4. The number of fused-ring (bicyclic) bond motifs is 1. The smallest absolute Gasteiger partial charge is 0.269 e. The minimum absolute atomic E-state index is 0.0366. The summed E-state index contributed by atoms with van der Waals surface area (Å²) in [4.78, 5) is 49.8. The van der Waals surface area contributed by atoms with Crippen LogP contribution in [-0.2, 0) is 14.4 Å². The fraction of sp³-hybridized carbons (Fsp3) is 0.474. The topological polar surface area (TPSA) is 95.6 Å². The van der Waals surface area contributed by atoms with Gasteiger partial charge in [-0.25, -0.2) is 0 Å². The Hall–Kier alpha value is -2.70. The van der Waals surface area contributed by atoms with E-state index in [1.54, 1.807) is 24.3 Å². The van der Waals surface area contributed by atoms with E-state index in [1.807, 2.05) is 6.92 Å². The van der Waals surface area contributed by atoms with Crippen LogP contribution in [0.1, 0.15) is 48.0 Å². The summed E-state index contributed by atoms with van der Waals surface area (Å²) in [6.07, 6.45) is 3.42. The molecule has 1 aliphatic carbocycles. The maximum absolute atomic E-state index is 12.3. The summed E-state index contributed by atoms with van der Waals surface area (Å²) in [6, 6.07) is 6.95. The largest absolute Gasteiger partial charge is 0.282 e. The van der Waals surface area contributed by atoms with E-state index in [4.69, 9.17) is 0 Å². The van der Waals surface area contributed by atoms with E-state index >= 15 is 0 Å². The van der Waals surface area contributed by atoms with Crippen molar-refractivity contribution in [3.8, 4) is 0 Å². The van der Waals surface area contributed by atoms with Crippen LogP contribution < -0.4 is 10.9 Å². The van der Waals surface area contributed by atoms with Crippen molar-refractivity contribution in [1.29, 1.82) is 0 Å². The Labute approximate surface area is 152 Å². The number of amides is 4. The second-order valence-corrected chi connectivity index (χ2v) is 6.94. The van der Waals surface area contributed by atoms with Gasteiger partial charge in [0.1, 0.15) is 0 Å². The second kappa shape index (κ2) is 7.68. The molecule has 7 nitrogen and oxygen atoms in total. The van der Waals surface area contributed by atoms with Crippen LogP contribution in [0, 0.1) is 18.8 Å². The zero-order chi connectivity index (χ0) is 18.7. The number of nitrogens with zero attached hydrogens (tertiary/aromatic N) is 1. The highest BCUT2D eigenvalue weighted by atomic mass is 16.2. The molecule has 7 heteroatoms. The lowest BCUT2D eigenvalue weighted by Crippen LogP contribution is -2.43. The van der Waals surface area contributed by atoms with Crippen LogP contribution in [0.15, 0.2) is 24.3 Å². The first kappa shape index (κ1) is 18.1. The van der Waals surface area contributed by atoms with Gasteiger partial charge in [-0.2, -0.15) is 0 Å². The van der Waals surface area contributed by atoms with Crippen molar-refractivity contribution in [2.75, 3.05) is 6.54 Å². The summed E-state index contributed by atoms with van der Waals surface area (Å²) in [5.74, 6) is -1.59. The number of rotatable bonds is 4. The molecule has 1 aliphatic heterocycles. The minimum Gasteiger partial charge on any atom is -0.282 e. The third-order valence-corrected chi connectivity index (χ3v) is 5.12. The normalized spacial score (nSPS) is 22.1. The van der Waals surface area contributed by atoms with Crippen LogP contribution in [-0.4, -0.2) is 35.1 Å². The van der Waals surface area contributed by atoms with Crippen molar-refractivity contribution in [2.45, 2.75) is 39.0 Å². The fourth-order valence-corrected chi connectivity index (χ4v) is 3.63. The van der Waals surface area contributed by atoms with Gasteiger partial charge in [0, 0.05) is 18.5 Å². The summed E-state index contributed by atoms with van der Waals surface area (Å²) in [5, 5.41) is 0. The second-order valence-electron chi connectivity index (χ2n) is 6.94. The Morgan fingerprint density at radius 1 is 1.00 bits per heavy atom. The predicted octanol–water partition coefficient (Wildman–Crippen LogP) is 1.32. The molecule has 0 bridgehead atoms. The van der Waals surface area contributed by atoms with Crippen molar-refractivity contribution in [1.82, 2.24) is 15.8 Å². The molecule has 2 fully saturated rings. The minimum atomic E-state index is -0.444. The van der Waals surface area contributed by atoms with E-state index in [0.29, 0.717) is 5.56 Å². The maximum Gasteiger partial charge on any atom is 0.269 e. The lowest BCUT2D eigenvalue weighted by molar-refractivity contribution is -0.140. The van der Waals surface area contributed by atoms with Crippen molar-refractivity contribution < 1.29 is 19.2 Å². The van der Waals surface area contributed by atoms with Gasteiger partial charge >= 0.3 is 0 Å². The molecule has 138 valence electrons. The maximum atomic E-state index is 12.3. The Bertz CT molecular complexity index is 705. The summed E-state index contributed by atoms with van der Waals surface area (Å²) in [5.41, 5.74) is 6.13. The number of carbonyl (C=O) groups excluding carboxylic acids is 4. The number of aryl methyl sites for hydroxylation is 1. The van der Waals surface area contributed by atoms with Gasteiger partial charge in [-0.3, -0.25) is 34.9 Å². The Kier molecular flexibility index (Phi) is 5.35. The molecule has 1 saturated heterocycles. The van der Waals surface area contributed by atoms with Gasteiger partial charge in [0.15, 0.2) is 0 Å². The molecule has 26 heavy (non-hydrogen) atoms. The van der Waals surface area contributed by atoms with E-state index in [9.17, 15) is 19.2 Å². The molecule has 1 saturated carbocycles. The van der Waals surface area contributed by atoms with Crippen molar-refractivity contribution in [2.24, 2.45) is 11.8 Å². The van der Waals surface area contributed by atoms with Crippen LogP contribution in [0.4, 0.5) is 0 Å². The number of hydrogen-bond acceptors (Lipinski definition) is 4. The fourth-order valence-electron chi connectivity index (χ4n) is 3.63. The summed E-state index contributed by atoms with van der Waals surface area (Å²) < 4.78 is 0. The van der Waals surface area contributed by atoms with E-state index in [1.165, 1.54) is 4.90 Å². The number of nitrogens with one attached hydrogen (secondary N) is 2. The van der Waals surface area contributed by atoms with Gasteiger partial charge in [0.2, 0.25) is 17.7 Å². The van der Waals surface area contributed by atoms with E-state index < -0.39 is 11.8 Å². The quantitative estimate of drug-likeness (QED) is 0.627. The van der Waals surface area contributed by atoms with Crippen LogP contribution in [0.2, 0.25) is 0 Å². The first-order chi connectivity index (χ1) is 12.5. The average Bonchev–Trinajstić information content (AvgIpc) is 2.89. The predicted molar refractivity (Wildman–Crippen MR) is 93.6 cm³/mol. The summed E-state index contributed by atoms with van der Waals surface area (Å²) in [7, 11) is 0. The van der Waals surface area contributed by atoms with Gasteiger partial charge < -0.3 is 0 Å². The number of likely N-dealkylation sites (tertiary alicyclic amines) is 1. The van der Waals surface area contributed by atoms with Crippen molar-refractivity contribution in [3.63, 3.8) is 0 Å². The number of hydrogen-bond donors (Lipinski definition) is 2. The zero-order valence-corrected chi connectivity index (χ0v) is 14.8. The highest BCUT2D eigenvalue weighted by molar-refractivity contribution is 6.05. The SMILES string of the molecule is Cc1ccc(C(=O)NNC(=O)CCN2C(=O)[C@H]3CCCC[C@H]3C2=O)cc1. The molecule has 0 aromatic heterocycles. The molecule has 3 rings (SSSR count). The lowest BCUT2D eigenvalue weighted by Gasteiger charge is -2.19. The average molecular weight is 357 g/mol. The van der Waals surface area contributed by atoms with E-state index in [2.05, 4.69) is 10.9 Å². The molecule has 1 aromatic rings. The van der Waals surface area contributed by atoms with E-state index in [-0.39, 0.29) is 36.6 Å². The van der Waals surface area contributed by atoms with Gasteiger partial charge in [0.25, 0.3) is 5.91 Å². The molecule has 2 N–H and O–H groups in total.